The molecule has 96 valence electrons. The molecule has 0 atom stereocenters. The molecule has 0 amide bonds. The molecular formula is C10H22N2O3S. The fourth-order valence-corrected chi connectivity index (χ4v) is 3.55. The van der Waals surface area contributed by atoms with E-state index >= 15 is 0 Å². The zero-order chi connectivity index (χ0) is 12.2. The molecule has 1 aliphatic rings. The summed E-state index contributed by atoms with van der Waals surface area (Å²) in [5, 5.41) is 0. The van der Waals surface area contributed by atoms with Crippen molar-refractivity contribution in [2.45, 2.75) is 19.4 Å². The molecule has 0 unspecified atom stereocenters. The van der Waals surface area contributed by atoms with Crippen LogP contribution in [0.5, 0.6) is 0 Å². The van der Waals surface area contributed by atoms with Crippen molar-refractivity contribution < 1.29 is 13.2 Å². The molecule has 16 heavy (non-hydrogen) atoms. The number of nitrogens with two attached hydrogens (primary N) is 1. The van der Waals surface area contributed by atoms with E-state index in [9.17, 15) is 8.42 Å². The van der Waals surface area contributed by atoms with E-state index in [4.69, 9.17) is 10.5 Å². The second kappa shape index (κ2) is 5.44. The van der Waals surface area contributed by atoms with Gasteiger partial charge in [-0.05, 0) is 13.8 Å². The lowest BCUT2D eigenvalue weighted by Gasteiger charge is -2.27. The van der Waals surface area contributed by atoms with Gasteiger partial charge in [-0.15, -0.1) is 0 Å². The molecule has 1 aliphatic heterocycles. The third kappa shape index (κ3) is 5.79. The van der Waals surface area contributed by atoms with Crippen LogP contribution in [0.25, 0.3) is 0 Å². The number of rotatable bonds is 5. The van der Waals surface area contributed by atoms with Crippen molar-refractivity contribution in [2.75, 3.05) is 44.4 Å². The second-order valence-corrected chi connectivity index (χ2v) is 7.22. The van der Waals surface area contributed by atoms with Crippen molar-refractivity contribution >= 4 is 9.84 Å². The van der Waals surface area contributed by atoms with Crippen LogP contribution in [0.2, 0.25) is 0 Å². The predicted octanol–water partition coefficient (Wildman–Crippen LogP) is -0.529. The minimum Gasteiger partial charge on any atom is -0.379 e. The van der Waals surface area contributed by atoms with Gasteiger partial charge in [0.1, 0.15) is 0 Å². The predicted molar refractivity (Wildman–Crippen MR) is 64.2 cm³/mol. The Balaban J connectivity index is 2.35. The minimum atomic E-state index is -3.05. The number of morpholine rings is 1. The van der Waals surface area contributed by atoms with Gasteiger partial charge in [-0.3, -0.25) is 4.90 Å². The molecule has 1 heterocycles. The van der Waals surface area contributed by atoms with Crippen LogP contribution in [0, 0.1) is 0 Å². The largest absolute Gasteiger partial charge is 0.379 e. The summed E-state index contributed by atoms with van der Waals surface area (Å²) in [6.07, 6.45) is 0. The molecule has 0 radical (unpaired) electrons. The van der Waals surface area contributed by atoms with E-state index in [0.29, 0.717) is 19.8 Å². The molecule has 6 heteroatoms. The van der Waals surface area contributed by atoms with Crippen LogP contribution in [-0.2, 0) is 14.6 Å². The van der Waals surface area contributed by atoms with Crippen LogP contribution in [0.4, 0.5) is 0 Å². The highest BCUT2D eigenvalue weighted by atomic mass is 32.2. The maximum Gasteiger partial charge on any atom is 0.153 e. The maximum absolute atomic E-state index is 11.8. The Morgan fingerprint density at radius 3 is 2.38 bits per heavy atom. The molecule has 1 rings (SSSR count). The molecule has 0 spiro atoms. The van der Waals surface area contributed by atoms with E-state index in [1.807, 2.05) is 0 Å². The SMILES string of the molecule is CC(C)(N)CS(=O)(=O)CCN1CCOCC1. The highest BCUT2D eigenvalue weighted by Crippen LogP contribution is 2.05. The smallest absolute Gasteiger partial charge is 0.153 e. The Bertz CT molecular complexity index is 303. The molecule has 2 N–H and O–H groups in total. The average molecular weight is 250 g/mol. The van der Waals surface area contributed by atoms with Crippen molar-refractivity contribution in [3.63, 3.8) is 0 Å². The summed E-state index contributed by atoms with van der Waals surface area (Å²) in [5.41, 5.74) is 5.07. The van der Waals surface area contributed by atoms with Crippen LogP contribution in [-0.4, -0.2) is 63.2 Å². The van der Waals surface area contributed by atoms with Crippen molar-refractivity contribution in [1.29, 1.82) is 0 Å². The highest BCUT2D eigenvalue weighted by molar-refractivity contribution is 7.91. The van der Waals surface area contributed by atoms with Crippen LogP contribution in [0.1, 0.15) is 13.8 Å². The first-order valence-electron chi connectivity index (χ1n) is 5.58. The Hall–Kier alpha value is -0.170. The van der Waals surface area contributed by atoms with E-state index in [1.165, 1.54) is 0 Å². The number of ether oxygens (including phenoxy) is 1. The second-order valence-electron chi connectivity index (χ2n) is 5.03. The lowest BCUT2D eigenvalue weighted by Crippen LogP contribution is -2.43. The molecule has 5 nitrogen and oxygen atoms in total. The summed E-state index contributed by atoms with van der Waals surface area (Å²) in [6, 6.07) is 0. The van der Waals surface area contributed by atoms with Gasteiger partial charge in [0.2, 0.25) is 0 Å². The topological polar surface area (TPSA) is 72.6 Å². The number of sulfone groups is 1. The Labute approximate surface area is 97.9 Å². The number of hydrogen-bond donors (Lipinski definition) is 1. The minimum absolute atomic E-state index is 0.0460. The van der Waals surface area contributed by atoms with Crippen LogP contribution in [0.15, 0.2) is 0 Å². The number of hydrogen-bond acceptors (Lipinski definition) is 5. The summed E-state index contributed by atoms with van der Waals surface area (Å²) < 4.78 is 28.7. The van der Waals surface area contributed by atoms with E-state index < -0.39 is 15.4 Å². The normalized spacial score (nSPS) is 19.9. The quantitative estimate of drug-likeness (QED) is 0.710. The molecule has 0 aromatic rings. The van der Waals surface area contributed by atoms with Crippen molar-refractivity contribution in [3.05, 3.63) is 0 Å². The van der Waals surface area contributed by atoms with Gasteiger partial charge in [-0.2, -0.15) is 0 Å². The van der Waals surface area contributed by atoms with Gasteiger partial charge in [-0.25, -0.2) is 8.42 Å². The zero-order valence-electron chi connectivity index (χ0n) is 10.1. The third-order valence-electron chi connectivity index (χ3n) is 2.41. The summed E-state index contributed by atoms with van der Waals surface area (Å²) >= 11 is 0. The summed E-state index contributed by atoms with van der Waals surface area (Å²) in [5.74, 6) is 0.234. The van der Waals surface area contributed by atoms with E-state index in [-0.39, 0.29) is 11.5 Å². The van der Waals surface area contributed by atoms with Gasteiger partial charge in [0.05, 0.1) is 24.7 Å². The molecule has 1 fully saturated rings. The Morgan fingerprint density at radius 1 is 1.31 bits per heavy atom. The van der Waals surface area contributed by atoms with Gasteiger partial charge in [-0.1, -0.05) is 0 Å². The first-order chi connectivity index (χ1) is 7.29. The van der Waals surface area contributed by atoms with Gasteiger partial charge in [0.15, 0.2) is 9.84 Å². The molecule has 0 aromatic heterocycles. The van der Waals surface area contributed by atoms with E-state index in [2.05, 4.69) is 4.90 Å². The third-order valence-corrected chi connectivity index (χ3v) is 4.40. The van der Waals surface area contributed by atoms with E-state index in [0.717, 1.165) is 13.1 Å². The monoisotopic (exact) mass is 250 g/mol. The number of nitrogens with zero attached hydrogens (tertiary/aromatic N) is 1. The molecular weight excluding hydrogens is 228 g/mol. The van der Waals surface area contributed by atoms with Gasteiger partial charge < -0.3 is 10.5 Å². The molecule has 1 saturated heterocycles. The first kappa shape index (κ1) is 13.9. The molecule has 0 aromatic carbocycles. The van der Waals surface area contributed by atoms with E-state index in [1.54, 1.807) is 13.8 Å². The standard InChI is InChI=1S/C10H22N2O3S/c1-10(2,11)9-16(13,14)8-5-12-3-6-15-7-4-12/h3-9,11H2,1-2H3. The fraction of sp³-hybridized carbons (Fsp3) is 1.00. The molecule has 0 aliphatic carbocycles. The lowest BCUT2D eigenvalue weighted by atomic mass is 10.1. The lowest BCUT2D eigenvalue weighted by molar-refractivity contribution is 0.0408. The molecule has 0 saturated carbocycles. The van der Waals surface area contributed by atoms with Gasteiger partial charge in [0, 0.05) is 25.2 Å². The summed E-state index contributed by atoms with van der Waals surface area (Å²) in [6.45, 7) is 7.09. The Morgan fingerprint density at radius 2 is 1.88 bits per heavy atom. The highest BCUT2D eigenvalue weighted by Gasteiger charge is 2.23. The average Bonchev–Trinajstić information content (AvgIpc) is 2.13. The zero-order valence-corrected chi connectivity index (χ0v) is 10.9. The van der Waals surface area contributed by atoms with Crippen molar-refractivity contribution in [2.24, 2.45) is 5.73 Å². The summed E-state index contributed by atoms with van der Waals surface area (Å²) in [7, 11) is -3.05. The van der Waals surface area contributed by atoms with Crippen LogP contribution >= 0.6 is 0 Å². The van der Waals surface area contributed by atoms with Crippen LogP contribution in [0.3, 0.4) is 0 Å². The van der Waals surface area contributed by atoms with Crippen molar-refractivity contribution in [1.82, 2.24) is 4.90 Å². The van der Waals surface area contributed by atoms with Gasteiger partial charge >= 0.3 is 0 Å². The molecule has 0 bridgehead atoms. The van der Waals surface area contributed by atoms with Gasteiger partial charge in [0.25, 0.3) is 0 Å². The summed E-state index contributed by atoms with van der Waals surface area (Å²) in [4.78, 5) is 2.12. The Kier molecular flexibility index (Phi) is 4.73. The maximum atomic E-state index is 11.8. The fourth-order valence-electron chi connectivity index (χ4n) is 1.73. The van der Waals surface area contributed by atoms with Crippen LogP contribution < -0.4 is 5.73 Å². The van der Waals surface area contributed by atoms with Crippen molar-refractivity contribution in [3.8, 4) is 0 Å². The first-order valence-corrected chi connectivity index (χ1v) is 7.40.